The summed E-state index contributed by atoms with van der Waals surface area (Å²) < 4.78 is 21.4. The number of morpholine rings is 1. The molecule has 0 N–H and O–H groups in total. The van der Waals surface area contributed by atoms with Crippen LogP contribution in [-0.4, -0.2) is 74.3 Å². The van der Waals surface area contributed by atoms with Crippen molar-refractivity contribution in [3.8, 4) is 11.1 Å². The minimum absolute atomic E-state index is 0.0805. The van der Waals surface area contributed by atoms with Gasteiger partial charge in [0.15, 0.2) is 0 Å². The molecule has 1 amide bonds. The van der Waals surface area contributed by atoms with E-state index in [1.54, 1.807) is 12.3 Å². The lowest BCUT2D eigenvalue weighted by molar-refractivity contribution is -0.173. The summed E-state index contributed by atoms with van der Waals surface area (Å²) in [4.78, 5) is 20.5. The Labute approximate surface area is 207 Å². The van der Waals surface area contributed by atoms with E-state index in [9.17, 15) is 4.79 Å². The molecule has 2 saturated heterocycles. The summed E-state index contributed by atoms with van der Waals surface area (Å²) >= 11 is 0. The van der Waals surface area contributed by atoms with Gasteiger partial charge in [-0.3, -0.25) is 9.78 Å². The van der Waals surface area contributed by atoms with Gasteiger partial charge in [-0.1, -0.05) is 30.3 Å². The van der Waals surface area contributed by atoms with Crippen LogP contribution in [0.2, 0.25) is 0 Å². The maximum atomic E-state index is 15.4. The first-order valence-corrected chi connectivity index (χ1v) is 12.3. The minimum Gasteiger partial charge on any atom is -0.363 e. The molecule has 1 aromatic heterocycles. The summed E-state index contributed by atoms with van der Waals surface area (Å²) in [5.41, 5.74) is 2.37. The monoisotopic (exact) mass is 465 g/mol. The molecular weight excluding hydrogens is 439 g/mol. The maximum Gasteiger partial charge on any atom is 0.248 e. The third kappa shape index (κ3) is 4.17. The van der Waals surface area contributed by atoms with Crippen LogP contribution in [-0.2, 0) is 14.9 Å². The van der Waals surface area contributed by atoms with Gasteiger partial charge in [-0.25, -0.2) is 4.39 Å². The fourth-order valence-corrected chi connectivity index (χ4v) is 5.48. The Kier molecular flexibility index (Phi) is 5.49. The second-order valence-corrected chi connectivity index (χ2v) is 10.1. The lowest BCUT2D eigenvalue weighted by Crippen LogP contribution is -2.62. The number of halogens is 1. The minimum atomic E-state index is -1.45. The number of hydrogen-bond acceptors (Lipinski definition) is 4. The molecule has 35 heavy (non-hydrogen) atoms. The van der Waals surface area contributed by atoms with Gasteiger partial charge in [0, 0.05) is 30.7 Å². The van der Waals surface area contributed by atoms with Crippen LogP contribution in [0.15, 0.2) is 54.7 Å². The molecule has 0 atom stereocenters. The van der Waals surface area contributed by atoms with Crippen molar-refractivity contribution in [3.63, 3.8) is 0 Å². The molecule has 174 valence electrons. The van der Waals surface area contributed by atoms with Gasteiger partial charge in [-0.2, -0.15) is 0 Å². The number of benzene rings is 2. The molecule has 8 heteroatoms. The van der Waals surface area contributed by atoms with Crippen molar-refractivity contribution in [2.75, 3.05) is 26.2 Å². The van der Waals surface area contributed by atoms with Gasteiger partial charge < -0.3 is 14.5 Å². The highest BCUT2D eigenvalue weighted by atomic mass is 19.1. The van der Waals surface area contributed by atoms with E-state index in [2.05, 4.69) is 4.98 Å². The highest BCUT2D eigenvalue weighted by Gasteiger charge is 2.47. The molecule has 0 bridgehead atoms. The Morgan fingerprint density at radius 1 is 1.06 bits per heavy atom. The Hall–Kier alpha value is -2.70. The van der Waals surface area contributed by atoms with Crippen molar-refractivity contribution >= 4 is 32.5 Å². The van der Waals surface area contributed by atoms with Crippen molar-refractivity contribution in [2.45, 2.75) is 42.7 Å². The standard InChI is InChI=1S/C27H26B2FN3O2/c28-27(29,32-12-9-26(10-13-32)17-33(21-6-7-21)25(34)16-35-26)22-8-5-19(14-23(22)30)20-4-3-18-2-1-11-31-24(18)15-20/h1-5,8,11,14-15,21H,6-7,9-10,12-13,16-17H2. The SMILES string of the molecule is [B]C([B])(c1ccc(-c2ccc3cccnc3c2)cc1F)N1CCC2(CC1)CN(C1CC1)C(=O)CO2. The topological polar surface area (TPSA) is 45.7 Å². The Morgan fingerprint density at radius 3 is 2.54 bits per heavy atom. The van der Waals surface area contributed by atoms with Gasteiger partial charge >= 0.3 is 0 Å². The highest BCUT2D eigenvalue weighted by molar-refractivity contribution is 6.39. The van der Waals surface area contributed by atoms with Crippen LogP contribution >= 0.6 is 0 Å². The smallest absolute Gasteiger partial charge is 0.248 e. The number of amides is 1. The first kappa shape index (κ1) is 22.7. The molecule has 3 aromatic rings. The first-order chi connectivity index (χ1) is 16.8. The predicted molar refractivity (Wildman–Crippen MR) is 135 cm³/mol. The van der Waals surface area contributed by atoms with Gasteiger partial charge in [-0.15, -0.1) is 0 Å². The number of carbonyl (C=O) groups excluding carboxylic acids is 1. The summed E-state index contributed by atoms with van der Waals surface area (Å²) in [5, 5.41) is -0.416. The van der Waals surface area contributed by atoms with Crippen molar-refractivity contribution < 1.29 is 13.9 Å². The van der Waals surface area contributed by atoms with E-state index in [-0.39, 0.29) is 23.7 Å². The molecule has 5 nitrogen and oxygen atoms in total. The van der Waals surface area contributed by atoms with Crippen molar-refractivity contribution in [3.05, 3.63) is 66.1 Å². The van der Waals surface area contributed by atoms with Gasteiger partial charge in [0.05, 0.1) is 33.4 Å². The first-order valence-electron chi connectivity index (χ1n) is 12.3. The molecule has 1 aliphatic carbocycles. The second-order valence-electron chi connectivity index (χ2n) is 10.1. The fraction of sp³-hybridized carbons (Fsp3) is 0.407. The van der Waals surface area contributed by atoms with E-state index in [1.807, 2.05) is 46.2 Å². The number of piperidine rings is 1. The summed E-state index contributed by atoms with van der Waals surface area (Å²) in [6.07, 6.45) is 5.30. The van der Waals surface area contributed by atoms with Crippen LogP contribution in [0.25, 0.3) is 22.0 Å². The third-order valence-electron chi connectivity index (χ3n) is 7.81. The molecule has 3 aliphatic rings. The van der Waals surface area contributed by atoms with Crippen molar-refractivity contribution in [2.24, 2.45) is 0 Å². The van der Waals surface area contributed by atoms with E-state index in [4.69, 9.17) is 20.4 Å². The molecule has 3 heterocycles. The summed E-state index contributed by atoms with van der Waals surface area (Å²) in [6.45, 7) is 1.89. The van der Waals surface area contributed by atoms with Gasteiger partial charge in [0.2, 0.25) is 5.91 Å². The van der Waals surface area contributed by atoms with Crippen LogP contribution in [0.3, 0.4) is 0 Å². The zero-order chi connectivity index (χ0) is 24.2. The van der Waals surface area contributed by atoms with E-state index in [1.165, 1.54) is 6.07 Å². The molecule has 0 unspecified atom stereocenters. The highest BCUT2D eigenvalue weighted by Crippen LogP contribution is 2.39. The lowest BCUT2D eigenvalue weighted by Gasteiger charge is -2.51. The fourth-order valence-electron chi connectivity index (χ4n) is 5.48. The number of carbonyl (C=O) groups is 1. The summed E-state index contributed by atoms with van der Waals surface area (Å²) in [7, 11) is 13.1. The number of nitrogens with zero attached hydrogens (tertiary/aromatic N) is 3. The zero-order valence-electron chi connectivity index (χ0n) is 19.6. The molecule has 6 rings (SSSR count). The van der Waals surface area contributed by atoms with Crippen LogP contribution in [0, 0.1) is 5.82 Å². The van der Waals surface area contributed by atoms with Gasteiger partial charge in [-0.05, 0) is 65.9 Å². The Balaban J connectivity index is 1.19. The third-order valence-corrected chi connectivity index (χ3v) is 7.81. The largest absolute Gasteiger partial charge is 0.363 e. The maximum absolute atomic E-state index is 15.4. The van der Waals surface area contributed by atoms with Crippen molar-refractivity contribution in [1.29, 1.82) is 0 Å². The van der Waals surface area contributed by atoms with Gasteiger partial charge in [0.25, 0.3) is 0 Å². The number of aromatic nitrogens is 1. The van der Waals surface area contributed by atoms with Crippen molar-refractivity contribution in [1.82, 2.24) is 14.8 Å². The molecule has 3 fully saturated rings. The number of hydrogen-bond donors (Lipinski definition) is 0. The lowest BCUT2D eigenvalue weighted by atomic mass is 9.56. The molecule has 2 aromatic carbocycles. The average Bonchev–Trinajstić information content (AvgIpc) is 3.71. The normalized spacial score (nSPS) is 21.1. The molecule has 1 saturated carbocycles. The van der Waals surface area contributed by atoms with E-state index in [0.29, 0.717) is 38.5 Å². The van der Waals surface area contributed by atoms with Crippen LogP contribution in [0.5, 0.6) is 0 Å². The van der Waals surface area contributed by atoms with Gasteiger partial charge in [0.1, 0.15) is 12.4 Å². The van der Waals surface area contributed by atoms with E-state index in [0.717, 1.165) is 34.9 Å². The summed E-state index contributed by atoms with van der Waals surface area (Å²) in [6, 6.07) is 15.2. The Morgan fingerprint density at radius 2 is 1.80 bits per heavy atom. The number of ether oxygens (including phenoxy) is 1. The Bertz CT molecular complexity index is 1290. The van der Waals surface area contributed by atoms with E-state index < -0.39 is 11.2 Å². The van der Waals surface area contributed by atoms with Crippen LogP contribution in [0.4, 0.5) is 4.39 Å². The number of pyridine rings is 1. The van der Waals surface area contributed by atoms with Crippen LogP contribution < -0.4 is 0 Å². The quantitative estimate of drug-likeness (QED) is 0.555. The van der Waals surface area contributed by atoms with Crippen LogP contribution in [0.1, 0.15) is 31.2 Å². The molecule has 1 spiro atoms. The average molecular weight is 465 g/mol. The number of fused-ring (bicyclic) bond motifs is 1. The number of rotatable bonds is 4. The molecule has 4 radical (unpaired) electrons. The van der Waals surface area contributed by atoms with E-state index >= 15 is 4.39 Å². The zero-order valence-corrected chi connectivity index (χ0v) is 19.6. The molecule has 2 aliphatic heterocycles. The summed E-state index contributed by atoms with van der Waals surface area (Å²) in [5.74, 6) is -0.356. The number of likely N-dealkylation sites (tertiary alicyclic amines) is 1. The second kappa shape index (κ2) is 8.45. The molecular formula is C27H26B2FN3O2. The predicted octanol–water partition coefficient (Wildman–Crippen LogP) is 3.34.